The van der Waals surface area contributed by atoms with Crippen molar-refractivity contribution in [1.29, 1.82) is 0 Å². The molecule has 2 aromatic rings. The second-order valence-electron chi connectivity index (χ2n) is 8.26. The van der Waals surface area contributed by atoms with Crippen molar-refractivity contribution >= 4 is 17.6 Å². The van der Waals surface area contributed by atoms with E-state index in [1.807, 2.05) is 12.1 Å². The molecule has 0 bridgehead atoms. The SMILES string of the molecule is COc1cc(F)c([C@@H]2CNC(=O)C2NC(=O)Nc2ccc(C(C)(C)C)cc2)c(F)c1. The van der Waals surface area contributed by atoms with E-state index in [-0.39, 0.29) is 23.3 Å². The monoisotopic (exact) mass is 417 g/mol. The van der Waals surface area contributed by atoms with Crippen molar-refractivity contribution < 1.29 is 23.1 Å². The van der Waals surface area contributed by atoms with Gasteiger partial charge in [-0.2, -0.15) is 0 Å². The number of halogens is 2. The number of methoxy groups -OCH3 is 1. The number of anilines is 1. The van der Waals surface area contributed by atoms with Gasteiger partial charge in [0.05, 0.1) is 7.11 Å². The molecule has 1 saturated heterocycles. The smallest absolute Gasteiger partial charge is 0.319 e. The molecule has 1 unspecified atom stereocenters. The maximum atomic E-state index is 14.5. The van der Waals surface area contributed by atoms with Crippen LogP contribution >= 0.6 is 0 Å². The quantitative estimate of drug-likeness (QED) is 0.710. The van der Waals surface area contributed by atoms with Gasteiger partial charge in [-0.25, -0.2) is 13.6 Å². The van der Waals surface area contributed by atoms with Gasteiger partial charge in [0.25, 0.3) is 0 Å². The maximum Gasteiger partial charge on any atom is 0.319 e. The van der Waals surface area contributed by atoms with Gasteiger partial charge >= 0.3 is 6.03 Å². The Balaban J connectivity index is 1.75. The van der Waals surface area contributed by atoms with Gasteiger partial charge in [0, 0.05) is 35.8 Å². The fraction of sp³-hybridized carbons (Fsp3) is 0.364. The van der Waals surface area contributed by atoms with Gasteiger partial charge in [-0.1, -0.05) is 32.9 Å². The minimum absolute atomic E-state index is 0.00419. The van der Waals surface area contributed by atoms with Gasteiger partial charge in [0.1, 0.15) is 23.4 Å². The van der Waals surface area contributed by atoms with Crippen LogP contribution in [0, 0.1) is 11.6 Å². The second kappa shape index (κ2) is 8.30. The van der Waals surface area contributed by atoms with Crippen LogP contribution in [-0.4, -0.2) is 31.6 Å². The minimum atomic E-state index is -1.11. The maximum absolute atomic E-state index is 14.5. The van der Waals surface area contributed by atoms with Crippen LogP contribution in [0.1, 0.15) is 37.8 Å². The Morgan fingerprint density at radius 2 is 1.73 bits per heavy atom. The van der Waals surface area contributed by atoms with Crippen molar-refractivity contribution in [3.05, 3.63) is 59.2 Å². The van der Waals surface area contributed by atoms with E-state index in [4.69, 9.17) is 4.74 Å². The second-order valence-corrected chi connectivity index (χ2v) is 8.26. The van der Waals surface area contributed by atoms with Gasteiger partial charge in [-0.3, -0.25) is 4.79 Å². The molecule has 2 atom stereocenters. The Labute approximate surface area is 174 Å². The first-order valence-electron chi connectivity index (χ1n) is 9.59. The van der Waals surface area contributed by atoms with Crippen molar-refractivity contribution in [3.8, 4) is 5.75 Å². The van der Waals surface area contributed by atoms with Crippen molar-refractivity contribution in [2.75, 3.05) is 19.0 Å². The summed E-state index contributed by atoms with van der Waals surface area (Å²) >= 11 is 0. The Hall–Kier alpha value is -3.16. The Morgan fingerprint density at radius 1 is 1.13 bits per heavy atom. The summed E-state index contributed by atoms with van der Waals surface area (Å²) in [4.78, 5) is 24.7. The zero-order valence-corrected chi connectivity index (χ0v) is 17.3. The first kappa shape index (κ1) is 21.5. The zero-order valence-electron chi connectivity index (χ0n) is 17.3. The lowest BCUT2D eigenvalue weighted by Crippen LogP contribution is -2.45. The molecule has 6 nitrogen and oxygen atoms in total. The van der Waals surface area contributed by atoms with E-state index in [0.717, 1.165) is 17.7 Å². The average molecular weight is 417 g/mol. The lowest BCUT2D eigenvalue weighted by Gasteiger charge is -2.21. The van der Waals surface area contributed by atoms with E-state index >= 15 is 0 Å². The largest absolute Gasteiger partial charge is 0.497 e. The van der Waals surface area contributed by atoms with E-state index in [2.05, 4.69) is 36.7 Å². The van der Waals surface area contributed by atoms with E-state index < -0.39 is 35.5 Å². The summed E-state index contributed by atoms with van der Waals surface area (Å²) in [6, 6.07) is 7.68. The van der Waals surface area contributed by atoms with E-state index in [1.165, 1.54) is 7.11 Å². The first-order chi connectivity index (χ1) is 14.1. The number of nitrogens with one attached hydrogen (secondary N) is 3. The highest BCUT2D eigenvalue weighted by atomic mass is 19.1. The summed E-state index contributed by atoms with van der Waals surface area (Å²) in [5, 5.41) is 7.73. The predicted octanol–water partition coefficient (Wildman–Crippen LogP) is 3.67. The van der Waals surface area contributed by atoms with E-state index in [0.29, 0.717) is 5.69 Å². The molecule has 0 spiro atoms. The first-order valence-corrected chi connectivity index (χ1v) is 9.59. The van der Waals surface area contributed by atoms with Crippen LogP contribution in [0.2, 0.25) is 0 Å². The van der Waals surface area contributed by atoms with Crippen LogP contribution in [0.15, 0.2) is 36.4 Å². The molecule has 0 saturated carbocycles. The molecule has 1 fully saturated rings. The fourth-order valence-electron chi connectivity index (χ4n) is 3.45. The van der Waals surface area contributed by atoms with Gasteiger partial charge in [-0.15, -0.1) is 0 Å². The number of carbonyl (C=O) groups excluding carboxylic acids is 2. The van der Waals surface area contributed by atoms with Crippen molar-refractivity contribution in [2.45, 2.75) is 38.1 Å². The molecule has 8 heteroatoms. The fourth-order valence-corrected chi connectivity index (χ4v) is 3.45. The highest BCUT2D eigenvalue weighted by molar-refractivity contribution is 5.95. The van der Waals surface area contributed by atoms with Crippen LogP contribution in [0.5, 0.6) is 5.75 Å². The normalized spacial score (nSPS) is 18.7. The number of carbonyl (C=O) groups is 2. The van der Waals surface area contributed by atoms with Gasteiger partial charge in [-0.05, 0) is 23.1 Å². The number of hydrogen-bond donors (Lipinski definition) is 3. The zero-order chi connectivity index (χ0) is 22.1. The number of amides is 3. The molecule has 160 valence electrons. The summed E-state index contributed by atoms with van der Waals surface area (Å²) in [5.74, 6) is -3.03. The van der Waals surface area contributed by atoms with Crippen LogP contribution in [0.3, 0.4) is 0 Å². The molecule has 3 amide bonds. The summed E-state index contributed by atoms with van der Waals surface area (Å²) < 4.78 is 33.8. The van der Waals surface area contributed by atoms with Crippen LogP contribution in [-0.2, 0) is 10.2 Å². The molecule has 0 aromatic heterocycles. The number of rotatable bonds is 4. The molecule has 3 N–H and O–H groups in total. The van der Waals surface area contributed by atoms with Gasteiger partial charge in [0.15, 0.2) is 0 Å². The molecular formula is C22H25F2N3O3. The molecule has 0 aliphatic carbocycles. The molecular weight excluding hydrogens is 392 g/mol. The van der Waals surface area contributed by atoms with Gasteiger partial charge in [0.2, 0.25) is 5.91 Å². The van der Waals surface area contributed by atoms with Crippen molar-refractivity contribution in [3.63, 3.8) is 0 Å². The van der Waals surface area contributed by atoms with Crippen LogP contribution in [0.4, 0.5) is 19.3 Å². The van der Waals surface area contributed by atoms with Crippen molar-refractivity contribution in [2.24, 2.45) is 0 Å². The molecule has 2 aromatic carbocycles. The summed E-state index contributed by atoms with van der Waals surface area (Å²) in [7, 11) is 1.30. The molecule has 1 heterocycles. The van der Waals surface area contributed by atoms with E-state index in [1.54, 1.807) is 12.1 Å². The highest BCUT2D eigenvalue weighted by Gasteiger charge is 2.40. The highest BCUT2D eigenvalue weighted by Crippen LogP contribution is 2.31. The number of urea groups is 1. The molecule has 30 heavy (non-hydrogen) atoms. The third-order valence-electron chi connectivity index (χ3n) is 5.14. The lowest BCUT2D eigenvalue weighted by molar-refractivity contribution is -0.120. The topological polar surface area (TPSA) is 79.5 Å². The van der Waals surface area contributed by atoms with Gasteiger partial charge < -0.3 is 20.7 Å². The molecule has 0 radical (unpaired) electrons. The predicted molar refractivity (Wildman–Crippen MR) is 110 cm³/mol. The standard InChI is InChI=1S/C22H25F2N3O3/c1-22(2,3)12-5-7-13(8-6-12)26-21(29)27-19-15(11-25-20(19)28)18-16(23)9-14(30-4)10-17(18)24/h5-10,15,19H,11H2,1-4H3,(H,25,28)(H2,26,27,29)/t15-,19?/m0/s1. The Bertz CT molecular complexity index is 932. The molecule has 1 aliphatic rings. The van der Waals surface area contributed by atoms with Crippen LogP contribution in [0.25, 0.3) is 0 Å². The molecule has 1 aliphatic heterocycles. The Kier molecular flexibility index (Phi) is 5.96. The minimum Gasteiger partial charge on any atom is -0.497 e. The van der Waals surface area contributed by atoms with E-state index in [9.17, 15) is 18.4 Å². The number of hydrogen-bond acceptors (Lipinski definition) is 3. The number of ether oxygens (including phenoxy) is 1. The third kappa shape index (κ3) is 4.53. The third-order valence-corrected chi connectivity index (χ3v) is 5.14. The average Bonchev–Trinajstić information content (AvgIpc) is 3.01. The van der Waals surface area contributed by atoms with Crippen molar-refractivity contribution in [1.82, 2.24) is 10.6 Å². The molecule has 3 rings (SSSR count). The summed E-state index contributed by atoms with van der Waals surface area (Å²) in [5.41, 5.74) is 1.35. The van der Waals surface area contributed by atoms with Crippen LogP contribution < -0.4 is 20.7 Å². The lowest BCUT2D eigenvalue weighted by atomic mass is 9.87. The summed E-state index contributed by atoms with van der Waals surface area (Å²) in [6.45, 7) is 6.25. The Morgan fingerprint density at radius 3 is 2.27 bits per heavy atom. The number of benzene rings is 2. The summed E-state index contributed by atoms with van der Waals surface area (Å²) in [6.07, 6.45) is 0.